The van der Waals surface area contributed by atoms with Crippen LogP contribution in [0.3, 0.4) is 0 Å². The molecule has 0 saturated carbocycles. The molecule has 2 amide bonds. The molecule has 3 aliphatic heterocycles. The average molecular weight is 378 g/mol. The summed E-state index contributed by atoms with van der Waals surface area (Å²) in [6, 6.07) is 9.94. The fourth-order valence-electron chi connectivity index (χ4n) is 4.67. The fourth-order valence-corrected chi connectivity index (χ4v) is 4.67. The molecule has 3 fully saturated rings. The summed E-state index contributed by atoms with van der Waals surface area (Å²) < 4.78 is 0. The van der Waals surface area contributed by atoms with Gasteiger partial charge in [0.05, 0.1) is 35.4 Å². The number of likely N-dealkylation sites (tertiary alicyclic amines) is 2. The summed E-state index contributed by atoms with van der Waals surface area (Å²) in [5.74, 6) is -0.263. The van der Waals surface area contributed by atoms with Gasteiger partial charge in [-0.2, -0.15) is 10.5 Å². The minimum atomic E-state index is -0.749. The van der Waals surface area contributed by atoms with E-state index in [1.807, 2.05) is 11.0 Å². The maximum Gasteiger partial charge on any atom is 0.244 e. The van der Waals surface area contributed by atoms with E-state index in [9.17, 15) is 20.1 Å². The third-order valence-electron chi connectivity index (χ3n) is 5.99. The summed E-state index contributed by atoms with van der Waals surface area (Å²) in [6.45, 7) is 1.49. The Kier molecular flexibility index (Phi) is 4.76. The summed E-state index contributed by atoms with van der Waals surface area (Å²) >= 11 is 0. The van der Waals surface area contributed by atoms with Crippen molar-refractivity contribution in [2.75, 3.05) is 24.5 Å². The number of para-hydroxylation sites is 1. The van der Waals surface area contributed by atoms with Crippen LogP contribution in [0.1, 0.15) is 24.8 Å². The quantitative estimate of drug-likeness (QED) is 0.799. The SMILES string of the molecule is N#Cc1ccccc1N1C(=O)[C@H]2C[C@@H]1CN2C[C@H](N)C(=O)N1CCC[C@H]1C#N. The Morgan fingerprint density at radius 2 is 2.11 bits per heavy atom. The molecule has 3 aliphatic rings. The molecule has 0 aliphatic carbocycles. The topological polar surface area (TPSA) is 117 Å². The van der Waals surface area contributed by atoms with Gasteiger partial charge in [0.2, 0.25) is 11.8 Å². The fraction of sp³-hybridized carbons (Fsp3) is 0.500. The van der Waals surface area contributed by atoms with Gasteiger partial charge in [-0.1, -0.05) is 12.1 Å². The molecule has 0 unspecified atom stereocenters. The first kappa shape index (κ1) is 18.4. The number of carbonyl (C=O) groups excluding carboxylic acids is 2. The Morgan fingerprint density at radius 1 is 1.32 bits per heavy atom. The van der Waals surface area contributed by atoms with Gasteiger partial charge >= 0.3 is 0 Å². The number of piperazine rings is 1. The third-order valence-corrected chi connectivity index (χ3v) is 5.99. The molecule has 4 rings (SSSR count). The van der Waals surface area contributed by atoms with Crippen LogP contribution in [0.25, 0.3) is 0 Å². The van der Waals surface area contributed by atoms with E-state index in [0.717, 1.165) is 6.42 Å². The van der Waals surface area contributed by atoms with E-state index in [1.54, 1.807) is 28.0 Å². The molecule has 3 heterocycles. The van der Waals surface area contributed by atoms with Crippen LogP contribution in [0.2, 0.25) is 0 Å². The summed E-state index contributed by atoms with van der Waals surface area (Å²) in [5.41, 5.74) is 7.29. The lowest BCUT2D eigenvalue weighted by Gasteiger charge is -2.35. The van der Waals surface area contributed by atoms with Gasteiger partial charge in [0.1, 0.15) is 12.1 Å². The highest BCUT2D eigenvalue weighted by Gasteiger charge is 2.51. The van der Waals surface area contributed by atoms with Gasteiger partial charge in [-0.05, 0) is 31.4 Å². The van der Waals surface area contributed by atoms with Crippen LogP contribution in [0.5, 0.6) is 0 Å². The smallest absolute Gasteiger partial charge is 0.244 e. The molecule has 144 valence electrons. The molecular formula is C20H22N6O2. The Morgan fingerprint density at radius 3 is 2.82 bits per heavy atom. The number of rotatable bonds is 4. The van der Waals surface area contributed by atoms with Crippen LogP contribution in [-0.2, 0) is 9.59 Å². The maximum absolute atomic E-state index is 12.9. The van der Waals surface area contributed by atoms with Crippen LogP contribution in [0, 0.1) is 22.7 Å². The van der Waals surface area contributed by atoms with Gasteiger partial charge < -0.3 is 15.5 Å². The van der Waals surface area contributed by atoms with Crippen LogP contribution in [0.4, 0.5) is 5.69 Å². The number of anilines is 1. The number of fused-ring (bicyclic) bond motifs is 2. The van der Waals surface area contributed by atoms with E-state index in [1.165, 1.54) is 0 Å². The molecule has 0 radical (unpaired) electrons. The van der Waals surface area contributed by atoms with E-state index >= 15 is 0 Å². The van der Waals surface area contributed by atoms with Gasteiger partial charge in [-0.15, -0.1) is 0 Å². The number of benzene rings is 1. The molecule has 4 atom stereocenters. The average Bonchev–Trinajstić information content (AvgIpc) is 3.41. The van der Waals surface area contributed by atoms with Crippen molar-refractivity contribution in [1.29, 1.82) is 10.5 Å². The molecule has 0 aromatic heterocycles. The predicted octanol–water partition coefficient (Wildman–Crippen LogP) is 0.190. The number of amides is 2. The zero-order valence-electron chi connectivity index (χ0n) is 15.5. The minimum Gasteiger partial charge on any atom is -0.325 e. The summed E-state index contributed by atoms with van der Waals surface area (Å²) in [6.07, 6.45) is 2.18. The standard InChI is InChI=1S/C20H22N6O2/c21-9-13-4-1-2-6-17(13)26-15-8-18(20(26)28)24(11-15)12-16(23)19(27)25-7-3-5-14(25)10-22/h1-2,4,6,14-16,18H,3,5,7-8,11-12,23H2/t14-,15+,16-,18+/m0/s1. The van der Waals surface area contributed by atoms with E-state index in [2.05, 4.69) is 12.1 Å². The van der Waals surface area contributed by atoms with Gasteiger partial charge in [-0.3, -0.25) is 14.5 Å². The van der Waals surface area contributed by atoms with Crippen molar-refractivity contribution in [3.63, 3.8) is 0 Å². The van der Waals surface area contributed by atoms with Crippen molar-refractivity contribution in [3.05, 3.63) is 29.8 Å². The molecule has 1 aromatic carbocycles. The van der Waals surface area contributed by atoms with Gasteiger partial charge in [-0.25, -0.2) is 0 Å². The van der Waals surface area contributed by atoms with Gasteiger partial charge in [0.25, 0.3) is 0 Å². The number of nitrogens with two attached hydrogens (primary N) is 1. The van der Waals surface area contributed by atoms with Crippen LogP contribution >= 0.6 is 0 Å². The first-order valence-electron chi connectivity index (χ1n) is 9.57. The highest BCUT2D eigenvalue weighted by molar-refractivity contribution is 6.02. The van der Waals surface area contributed by atoms with Crippen molar-refractivity contribution >= 4 is 17.5 Å². The summed E-state index contributed by atoms with van der Waals surface area (Å²) in [7, 11) is 0. The van der Waals surface area contributed by atoms with Crippen molar-refractivity contribution in [3.8, 4) is 12.1 Å². The Hall–Kier alpha value is -2.94. The second-order valence-electron chi connectivity index (χ2n) is 7.62. The molecule has 0 spiro atoms. The molecule has 8 nitrogen and oxygen atoms in total. The molecule has 2 N–H and O–H groups in total. The molecule has 3 saturated heterocycles. The lowest BCUT2D eigenvalue weighted by Crippen LogP contribution is -2.56. The zero-order chi connectivity index (χ0) is 19.8. The highest BCUT2D eigenvalue weighted by Crippen LogP contribution is 2.37. The highest BCUT2D eigenvalue weighted by atomic mass is 16.2. The molecule has 8 heteroatoms. The van der Waals surface area contributed by atoms with Crippen LogP contribution in [0.15, 0.2) is 24.3 Å². The third kappa shape index (κ3) is 2.91. The van der Waals surface area contributed by atoms with Crippen molar-refractivity contribution in [2.45, 2.75) is 43.4 Å². The number of nitrogens with zero attached hydrogens (tertiary/aromatic N) is 5. The second kappa shape index (κ2) is 7.23. The first-order chi connectivity index (χ1) is 13.5. The van der Waals surface area contributed by atoms with E-state index in [4.69, 9.17) is 5.73 Å². The van der Waals surface area contributed by atoms with E-state index in [0.29, 0.717) is 43.7 Å². The molecule has 28 heavy (non-hydrogen) atoms. The predicted molar refractivity (Wildman–Crippen MR) is 101 cm³/mol. The number of carbonyl (C=O) groups is 2. The number of hydrogen-bond acceptors (Lipinski definition) is 6. The number of hydrogen-bond donors (Lipinski definition) is 1. The largest absolute Gasteiger partial charge is 0.325 e. The van der Waals surface area contributed by atoms with E-state index in [-0.39, 0.29) is 23.9 Å². The van der Waals surface area contributed by atoms with Crippen molar-refractivity contribution in [2.24, 2.45) is 5.73 Å². The minimum absolute atomic E-state index is 0.0204. The summed E-state index contributed by atoms with van der Waals surface area (Å²) in [4.78, 5) is 30.9. The lowest BCUT2D eigenvalue weighted by molar-refractivity contribution is -0.134. The van der Waals surface area contributed by atoms with Crippen LogP contribution < -0.4 is 10.6 Å². The van der Waals surface area contributed by atoms with Crippen molar-refractivity contribution < 1.29 is 9.59 Å². The normalized spacial score (nSPS) is 27.7. The number of nitriles is 2. The molecular weight excluding hydrogens is 356 g/mol. The van der Waals surface area contributed by atoms with Crippen LogP contribution in [-0.4, -0.2) is 65.4 Å². The van der Waals surface area contributed by atoms with Gasteiger partial charge in [0, 0.05) is 19.6 Å². The zero-order valence-corrected chi connectivity index (χ0v) is 15.5. The Bertz CT molecular complexity index is 887. The summed E-state index contributed by atoms with van der Waals surface area (Å²) in [5, 5.41) is 18.5. The molecule has 1 aromatic rings. The van der Waals surface area contributed by atoms with E-state index < -0.39 is 12.1 Å². The first-order valence-corrected chi connectivity index (χ1v) is 9.57. The Labute approximate surface area is 163 Å². The second-order valence-corrected chi connectivity index (χ2v) is 7.62. The Balaban J connectivity index is 1.44. The maximum atomic E-state index is 12.9. The molecule has 2 bridgehead atoms. The van der Waals surface area contributed by atoms with Crippen molar-refractivity contribution in [1.82, 2.24) is 9.80 Å². The lowest BCUT2D eigenvalue weighted by atomic mass is 10.1. The van der Waals surface area contributed by atoms with Gasteiger partial charge in [0.15, 0.2) is 0 Å². The monoisotopic (exact) mass is 378 g/mol.